The SMILES string of the molecule is NC(=Nc1cc(F)ccc1Cl)c1cnn2cc(-c3cn[nH]c3)cc2c1NC1CCC(N)CC1. The van der Waals surface area contributed by atoms with Crippen molar-refractivity contribution in [1.29, 1.82) is 0 Å². The first kappa shape index (κ1) is 21.4. The van der Waals surface area contributed by atoms with Crippen LogP contribution in [0, 0.1) is 5.82 Å². The summed E-state index contributed by atoms with van der Waals surface area (Å²) < 4.78 is 15.5. The molecule has 1 fully saturated rings. The van der Waals surface area contributed by atoms with Gasteiger partial charge in [0.05, 0.1) is 39.9 Å². The van der Waals surface area contributed by atoms with Crippen molar-refractivity contribution < 1.29 is 4.39 Å². The van der Waals surface area contributed by atoms with Crippen molar-refractivity contribution in [3.8, 4) is 11.1 Å². The number of hydrogen-bond donors (Lipinski definition) is 4. The zero-order valence-corrected chi connectivity index (χ0v) is 18.6. The van der Waals surface area contributed by atoms with Gasteiger partial charge < -0.3 is 16.8 Å². The molecule has 170 valence electrons. The summed E-state index contributed by atoms with van der Waals surface area (Å²) in [5.41, 5.74) is 17.0. The third-order valence-corrected chi connectivity index (χ3v) is 6.33. The Hall–Kier alpha value is -3.43. The maximum Gasteiger partial charge on any atom is 0.135 e. The van der Waals surface area contributed by atoms with Gasteiger partial charge in [0.1, 0.15) is 11.7 Å². The number of hydrogen-bond acceptors (Lipinski definition) is 5. The number of rotatable bonds is 5. The molecule has 0 bridgehead atoms. The van der Waals surface area contributed by atoms with E-state index >= 15 is 0 Å². The van der Waals surface area contributed by atoms with Crippen LogP contribution in [0.3, 0.4) is 0 Å². The molecule has 10 heteroatoms. The Morgan fingerprint density at radius 3 is 2.76 bits per heavy atom. The van der Waals surface area contributed by atoms with Crippen LogP contribution in [0.4, 0.5) is 15.8 Å². The molecule has 5 rings (SSSR count). The van der Waals surface area contributed by atoms with Crippen LogP contribution in [0.25, 0.3) is 16.6 Å². The Labute approximate surface area is 194 Å². The van der Waals surface area contributed by atoms with Crippen LogP contribution in [0.2, 0.25) is 5.02 Å². The fraction of sp³-hybridized carbons (Fsp3) is 0.261. The van der Waals surface area contributed by atoms with Crippen LogP contribution in [-0.4, -0.2) is 37.7 Å². The number of amidine groups is 1. The molecule has 1 saturated carbocycles. The van der Waals surface area contributed by atoms with Gasteiger partial charge in [-0.25, -0.2) is 13.9 Å². The molecule has 1 aliphatic rings. The van der Waals surface area contributed by atoms with Crippen molar-refractivity contribution in [3.05, 3.63) is 65.5 Å². The number of aromatic nitrogens is 4. The number of aliphatic imine (C=N–C) groups is 1. The summed E-state index contributed by atoms with van der Waals surface area (Å²) in [6.45, 7) is 0. The maximum absolute atomic E-state index is 13.8. The van der Waals surface area contributed by atoms with Crippen molar-refractivity contribution in [2.75, 3.05) is 5.32 Å². The van der Waals surface area contributed by atoms with Crippen molar-refractivity contribution in [2.24, 2.45) is 16.5 Å². The molecule has 33 heavy (non-hydrogen) atoms. The Balaban J connectivity index is 1.60. The lowest BCUT2D eigenvalue weighted by atomic mass is 9.91. The first-order valence-electron chi connectivity index (χ1n) is 10.8. The second-order valence-electron chi connectivity index (χ2n) is 8.33. The van der Waals surface area contributed by atoms with Crippen LogP contribution in [0.5, 0.6) is 0 Å². The molecule has 0 radical (unpaired) electrons. The van der Waals surface area contributed by atoms with E-state index in [1.165, 1.54) is 18.2 Å². The Bertz CT molecular complexity index is 1310. The molecule has 0 amide bonds. The Morgan fingerprint density at radius 2 is 2.00 bits per heavy atom. The van der Waals surface area contributed by atoms with Crippen LogP contribution in [-0.2, 0) is 0 Å². The Morgan fingerprint density at radius 1 is 1.18 bits per heavy atom. The fourth-order valence-electron chi connectivity index (χ4n) is 4.20. The lowest BCUT2D eigenvalue weighted by Gasteiger charge is -2.28. The standard InChI is InChI=1S/C23H24ClFN8/c24-19-6-1-15(25)8-20(19)32-23(27)18-11-30-33-12-13(14-9-28-29-10-14)7-21(33)22(18)31-17-4-2-16(26)3-5-17/h1,6-12,16-17,31H,2-5,26H2,(H2,27,32)(H,28,29). The average Bonchev–Trinajstić information content (AvgIpc) is 3.48. The molecule has 8 nitrogen and oxygen atoms in total. The number of nitrogens with zero attached hydrogens (tertiary/aromatic N) is 4. The van der Waals surface area contributed by atoms with Gasteiger partial charge in [0.2, 0.25) is 0 Å². The van der Waals surface area contributed by atoms with Gasteiger partial charge in [0, 0.05) is 41.7 Å². The molecule has 1 aliphatic carbocycles. The Kier molecular flexibility index (Phi) is 5.74. The number of nitrogens with one attached hydrogen (secondary N) is 2. The quantitative estimate of drug-likeness (QED) is 0.259. The zero-order valence-electron chi connectivity index (χ0n) is 17.8. The summed E-state index contributed by atoms with van der Waals surface area (Å²) >= 11 is 6.21. The normalized spacial score (nSPS) is 19.2. The molecule has 0 spiro atoms. The van der Waals surface area contributed by atoms with E-state index in [4.69, 9.17) is 23.1 Å². The van der Waals surface area contributed by atoms with Gasteiger partial charge in [0.25, 0.3) is 0 Å². The predicted octanol–water partition coefficient (Wildman–Crippen LogP) is 4.24. The van der Waals surface area contributed by atoms with Gasteiger partial charge in [-0.2, -0.15) is 10.2 Å². The molecule has 1 aromatic carbocycles. The van der Waals surface area contributed by atoms with Crippen LogP contribution >= 0.6 is 11.6 Å². The van der Waals surface area contributed by atoms with Gasteiger partial charge in [-0.1, -0.05) is 11.6 Å². The highest BCUT2D eigenvalue weighted by Gasteiger charge is 2.22. The first-order valence-corrected chi connectivity index (χ1v) is 11.2. The number of fused-ring (bicyclic) bond motifs is 1. The van der Waals surface area contributed by atoms with Gasteiger partial charge >= 0.3 is 0 Å². The van der Waals surface area contributed by atoms with Crippen LogP contribution < -0.4 is 16.8 Å². The van der Waals surface area contributed by atoms with E-state index in [0.29, 0.717) is 10.6 Å². The van der Waals surface area contributed by atoms with E-state index in [2.05, 4.69) is 25.6 Å². The molecule has 0 saturated heterocycles. The lowest BCUT2D eigenvalue weighted by Crippen LogP contribution is -2.33. The first-order chi connectivity index (χ1) is 16.0. The molecule has 0 unspecified atom stereocenters. The molecule has 3 aromatic heterocycles. The van der Waals surface area contributed by atoms with Crippen molar-refractivity contribution in [2.45, 2.75) is 37.8 Å². The minimum Gasteiger partial charge on any atom is -0.383 e. The number of halogens is 2. The molecule has 6 N–H and O–H groups in total. The zero-order chi connectivity index (χ0) is 22.9. The van der Waals surface area contributed by atoms with Crippen molar-refractivity contribution in [3.63, 3.8) is 0 Å². The van der Waals surface area contributed by atoms with E-state index in [9.17, 15) is 4.39 Å². The van der Waals surface area contributed by atoms with Crippen LogP contribution in [0.1, 0.15) is 31.2 Å². The minimum absolute atomic E-state index is 0.193. The van der Waals surface area contributed by atoms with Crippen molar-refractivity contribution >= 4 is 34.3 Å². The molecular weight excluding hydrogens is 443 g/mol. The summed E-state index contributed by atoms with van der Waals surface area (Å²) in [5, 5.41) is 15.4. The molecule has 0 aliphatic heterocycles. The molecule has 4 aromatic rings. The largest absolute Gasteiger partial charge is 0.383 e. The highest BCUT2D eigenvalue weighted by atomic mass is 35.5. The average molecular weight is 467 g/mol. The maximum atomic E-state index is 13.8. The number of H-pyrrole nitrogens is 1. The topological polar surface area (TPSA) is 122 Å². The van der Waals surface area contributed by atoms with E-state index in [0.717, 1.165) is 48.0 Å². The van der Waals surface area contributed by atoms with E-state index in [1.807, 2.05) is 18.5 Å². The highest BCUT2D eigenvalue weighted by molar-refractivity contribution is 6.33. The number of aromatic amines is 1. The second kappa shape index (κ2) is 8.84. The summed E-state index contributed by atoms with van der Waals surface area (Å²) in [5.74, 6) is -0.244. The molecule has 0 atom stereocenters. The molecule has 3 heterocycles. The van der Waals surface area contributed by atoms with Gasteiger partial charge in [0.15, 0.2) is 0 Å². The van der Waals surface area contributed by atoms with Crippen molar-refractivity contribution in [1.82, 2.24) is 19.8 Å². The summed E-state index contributed by atoms with van der Waals surface area (Å²) in [6, 6.07) is 6.50. The predicted molar refractivity (Wildman–Crippen MR) is 128 cm³/mol. The number of nitrogens with two attached hydrogens (primary N) is 2. The number of anilines is 1. The monoisotopic (exact) mass is 466 g/mol. The smallest absolute Gasteiger partial charge is 0.135 e. The minimum atomic E-state index is -0.437. The molecular formula is C23H24ClFN8. The second-order valence-corrected chi connectivity index (χ2v) is 8.73. The third kappa shape index (κ3) is 4.42. The highest BCUT2D eigenvalue weighted by Crippen LogP contribution is 2.32. The third-order valence-electron chi connectivity index (χ3n) is 6.01. The van der Waals surface area contributed by atoms with Gasteiger partial charge in [-0.3, -0.25) is 5.10 Å². The summed E-state index contributed by atoms with van der Waals surface area (Å²) in [4.78, 5) is 4.42. The van der Waals surface area contributed by atoms with Gasteiger partial charge in [-0.05, 0) is 43.9 Å². The summed E-state index contributed by atoms with van der Waals surface area (Å²) in [6.07, 6.45) is 11.0. The van der Waals surface area contributed by atoms with E-state index < -0.39 is 5.82 Å². The lowest BCUT2D eigenvalue weighted by molar-refractivity contribution is 0.411. The fourth-order valence-corrected chi connectivity index (χ4v) is 4.36. The van der Waals surface area contributed by atoms with E-state index in [1.54, 1.807) is 16.9 Å². The summed E-state index contributed by atoms with van der Waals surface area (Å²) in [7, 11) is 0. The number of benzene rings is 1. The van der Waals surface area contributed by atoms with Gasteiger partial charge in [-0.15, -0.1) is 0 Å². The van der Waals surface area contributed by atoms with E-state index in [-0.39, 0.29) is 23.6 Å². The van der Waals surface area contributed by atoms with Crippen LogP contribution in [0.15, 0.2) is 54.0 Å².